The molecule has 0 atom stereocenters. The first kappa shape index (κ1) is 14.8. The summed E-state index contributed by atoms with van der Waals surface area (Å²) in [4.78, 5) is 11.6. The van der Waals surface area contributed by atoms with Crippen LogP contribution in [0.5, 0.6) is 0 Å². The van der Waals surface area contributed by atoms with Crippen LogP contribution < -0.4 is 10.6 Å². The van der Waals surface area contributed by atoms with Gasteiger partial charge < -0.3 is 10.6 Å². The molecule has 20 heavy (non-hydrogen) atoms. The average molecular weight is 297 g/mol. The smallest absolute Gasteiger partial charge is 0.319 e. The monoisotopic (exact) mass is 297 g/mol. The van der Waals surface area contributed by atoms with E-state index in [-0.39, 0.29) is 12.1 Å². The lowest BCUT2D eigenvalue weighted by molar-refractivity contribution is 0.251. The number of hydrogen-bond donors (Lipinski definition) is 2. The number of carbonyl (C=O) groups excluding carboxylic acids is 1. The third-order valence-corrected chi connectivity index (χ3v) is 4.36. The fourth-order valence-electron chi connectivity index (χ4n) is 1.96. The standard InChI is InChI=1S/C13H19N3O3S/c1-20(18,19)16(12-7-8-12)10-9-14-13(17)15-11-5-3-2-4-6-11/h2-6,12H,7-10H2,1H3,(H2,14,15,17). The maximum Gasteiger partial charge on any atom is 0.319 e. The van der Waals surface area contributed by atoms with E-state index in [1.807, 2.05) is 18.2 Å². The predicted molar refractivity (Wildman–Crippen MR) is 78.0 cm³/mol. The molecule has 0 spiro atoms. The number of benzene rings is 1. The lowest BCUT2D eigenvalue weighted by Gasteiger charge is -2.19. The highest BCUT2D eigenvalue weighted by molar-refractivity contribution is 7.88. The molecule has 2 amide bonds. The highest BCUT2D eigenvalue weighted by atomic mass is 32.2. The molecule has 0 aliphatic heterocycles. The maximum absolute atomic E-state index is 11.6. The summed E-state index contributed by atoms with van der Waals surface area (Å²) in [5, 5.41) is 5.34. The highest BCUT2D eigenvalue weighted by Gasteiger charge is 2.34. The Morgan fingerprint density at radius 2 is 1.95 bits per heavy atom. The van der Waals surface area contributed by atoms with Gasteiger partial charge in [0.05, 0.1) is 6.26 Å². The summed E-state index contributed by atoms with van der Waals surface area (Å²) in [5.41, 5.74) is 0.701. The van der Waals surface area contributed by atoms with Crippen molar-refractivity contribution >= 4 is 21.7 Å². The first-order valence-electron chi connectivity index (χ1n) is 6.53. The van der Waals surface area contributed by atoms with E-state index in [0.717, 1.165) is 12.8 Å². The van der Waals surface area contributed by atoms with E-state index in [2.05, 4.69) is 10.6 Å². The Morgan fingerprint density at radius 1 is 1.30 bits per heavy atom. The summed E-state index contributed by atoms with van der Waals surface area (Å²) in [6, 6.07) is 8.87. The van der Waals surface area contributed by atoms with Crippen molar-refractivity contribution in [3.05, 3.63) is 30.3 Å². The summed E-state index contributed by atoms with van der Waals surface area (Å²) in [5.74, 6) is 0. The van der Waals surface area contributed by atoms with Crippen LogP contribution in [-0.2, 0) is 10.0 Å². The van der Waals surface area contributed by atoms with Crippen molar-refractivity contribution in [2.75, 3.05) is 24.7 Å². The Labute approximate surface area is 119 Å². The summed E-state index contributed by atoms with van der Waals surface area (Å²) >= 11 is 0. The third kappa shape index (κ3) is 4.50. The van der Waals surface area contributed by atoms with Crippen LogP contribution >= 0.6 is 0 Å². The summed E-state index contributed by atoms with van der Waals surface area (Å²) in [6.45, 7) is 0.605. The second kappa shape index (κ2) is 6.23. The van der Waals surface area contributed by atoms with Crippen LogP contribution in [0, 0.1) is 0 Å². The lowest BCUT2D eigenvalue weighted by Crippen LogP contribution is -2.40. The Hall–Kier alpha value is -1.60. The fourth-order valence-corrected chi connectivity index (χ4v) is 3.13. The van der Waals surface area contributed by atoms with Gasteiger partial charge in [-0.1, -0.05) is 18.2 Å². The number of para-hydroxylation sites is 1. The van der Waals surface area contributed by atoms with Crippen molar-refractivity contribution in [2.45, 2.75) is 18.9 Å². The molecule has 7 heteroatoms. The number of carbonyl (C=O) groups is 1. The molecule has 2 N–H and O–H groups in total. The van der Waals surface area contributed by atoms with Gasteiger partial charge in [0.15, 0.2) is 0 Å². The summed E-state index contributed by atoms with van der Waals surface area (Å²) < 4.78 is 24.6. The summed E-state index contributed by atoms with van der Waals surface area (Å²) in [7, 11) is -3.20. The Bertz CT molecular complexity index is 555. The van der Waals surface area contributed by atoms with Gasteiger partial charge in [0, 0.05) is 24.8 Å². The molecular formula is C13H19N3O3S. The Kier molecular flexibility index (Phi) is 4.61. The van der Waals surface area contributed by atoms with Gasteiger partial charge in [0.1, 0.15) is 0 Å². The van der Waals surface area contributed by atoms with Crippen molar-refractivity contribution in [2.24, 2.45) is 0 Å². The van der Waals surface area contributed by atoms with Crippen molar-refractivity contribution in [1.29, 1.82) is 0 Å². The number of rotatable bonds is 6. The second-order valence-corrected chi connectivity index (χ2v) is 6.79. The van der Waals surface area contributed by atoms with Gasteiger partial charge in [-0.2, -0.15) is 4.31 Å². The number of hydrogen-bond acceptors (Lipinski definition) is 3. The fraction of sp³-hybridized carbons (Fsp3) is 0.462. The molecule has 1 aromatic carbocycles. The zero-order chi connectivity index (χ0) is 14.6. The van der Waals surface area contributed by atoms with Gasteiger partial charge in [-0.05, 0) is 25.0 Å². The van der Waals surface area contributed by atoms with Crippen molar-refractivity contribution in [3.8, 4) is 0 Å². The van der Waals surface area contributed by atoms with E-state index in [9.17, 15) is 13.2 Å². The van der Waals surface area contributed by atoms with E-state index in [4.69, 9.17) is 0 Å². The topological polar surface area (TPSA) is 78.5 Å². The lowest BCUT2D eigenvalue weighted by atomic mass is 10.3. The molecule has 0 heterocycles. The van der Waals surface area contributed by atoms with E-state index in [1.54, 1.807) is 12.1 Å². The molecule has 1 aliphatic rings. The van der Waals surface area contributed by atoms with Gasteiger partial charge in [0.2, 0.25) is 10.0 Å². The molecule has 0 saturated heterocycles. The van der Waals surface area contributed by atoms with Crippen LogP contribution in [0.3, 0.4) is 0 Å². The second-order valence-electron chi connectivity index (χ2n) is 4.85. The number of urea groups is 1. The molecule has 2 rings (SSSR count). The minimum atomic E-state index is -3.20. The van der Waals surface area contributed by atoms with Crippen LogP contribution in [0.15, 0.2) is 30.3 Å². The van der Waals surface area contributed by atoms with Gasteiger partial charge in [-0.15, -0.1) is 0 Å². The Balaban J connectivity index is 1.76. The number of amides is 2. The molecule has 0 aromatic heterocycles. The molecule has 1 saturated carbocycles. The highest BCUT2D eigenvalue weighted by Crippen LogP contribution is 2.28. The molecule has 0 unspecified atom stereocenters. The van der Waals surface area contributed by atoms with E-state index < -0.39 is 10.0 Å². The average Bonchev–Trinajstić information content (AvgIpc) is 3.18. The van der Waals surface area contributed by atoms with Crippen LogP contribution in [-0.4, -0.2) is 44.1 Å². The van der Waals surface area contributed by atoms with Gasteiger partial charge in [0.25, 0.3) is 0 Å². The summed E-state index contributed by atoms with van der Waals surface area (Å²) in [6.07, 6.45) is 3.02. The predicted octanol–water partition coefficient (Wildman–Crippen LogP) is 1.23. The normalized spacial score (nSPS) is 15.1. The first-order chi connectivity index (χ1) is 9.47. The quantitative estimate of drug-likeness (QED) is 0.829. The molecule has 1 aliphatic carbocycles. The van der Waals surface area contributed by atoms with Gasteiger partial charge in [-0.3, -0.25) is 0 Å². The van der Waals surface area contributed by atoms with Crippen LogP contribution in [0.4, 0.5) is 10.5 Å². The van der Waals surface area contributed by atoms with E-state index >= 15 is 0 Å². The minimum Gasteiger partial charge on any atom is -0.337 e. The number of sulfonamides is 1. The Morgan fingerprint density at radius 3 is 2.50 bits per heavy atom. The zero-order valence-corrected chi connectivity index (χ0v) is 12.2. The molecule has 0 bridgehead atoms. The van der Waals surface area contributed by atoms with Gasteiger partial charge in [-0.25, -0.2) is 13.2 Å². The van der Waals surface area contributed by atoms with Crippen molar-refractivity contribution in [3.63, 3.8) is 0 Å². The SMILES string of the molecule is CS(=O)(=O)N(CCNC(=O)Nc1ccccc1)C1CC1. The minimum absolute atomic E-state index is 0.115. The molecule has 0 radical (unpaired) electrons. The van der Waals surface area contributed by atoms with Crippen molar-refractivity contribution < 1.29 is 13.2 Å². The van der Waals surface area contributed by atoms with Crippen LogP contribution in [0.2, 0.25) is 0 Å². The third-order valence-electron chi connectivity index (χ3n) is 3.03. The zero-order valence-electron chi connectivity index (χ0n) is 11.4. The molecule has 6 nitrogen and oxygen atoms in total. The largest absolute Gasteiger partial charge is 0.337 e. The van der Waals surface area contributed by atoms with Crippen LogP contribution in [0.25, 0.3) is 0 Å². The number of anilines is 1. The van der Waals surface area contributed by atoms with Crippen LogP contribution in [0.1, 0.15) is 12.8 Å². The molecule has 1 fully saturated rings. The van der Waals surface area contributed by atoms with Crippen molar-refractivity contribution in [1.82, 2.24) is 9.62 Å². The molecular weight excluding hydrogens is 278 g/mol. The van der Waals surface area contributed by atoms with Gasteiger partial charge >= 0.3 is 6.03 Å². The molecule has 110 valence electrons. The van der Waals surface area contributed by atoms with E-state index in [0.29, 0.717) is 18.8 Å². The van der Waals surface area contributed by atoms with E-state index in [1.165, 1.54) is 10.6 Å². The first-order valence-corrected chi connectivity index (χ1v) is 8.38. The maximum atomic E-state index is 11.6. The molecule has 1 aromatic rings. The number of nitrogens with one attached hydrogen (secondary N) is 2. The number of nitrogens with zero attached hydrogens (tertiary/aromatic N) is 1.